The Balaban J connectivity index is 1.96. The van der Waals surface area contributed by atoms with Crippen LogP contribution in [0.25, 0.3) is 0 Å². The number of benzene rings is 2. The summed E-state index contributed by atoms with van der Waals surface area (Å²) in [6.07, 6.45) is -3.44. The highest BCUT2D eigenvalue weighted by molar-refractivity contribution is 7.92. The lowest BCUT2D eigenvalue weighted by Gasteiger charge is -2.24. The minimum atomic E-state index is -4.67. The topological polar surface area (TPSA) is 89.7 Å². The van der Waals surface area contributed by atoms with Crippen molar-refractivity contribution < 1.29 is 35.6 Å². The number of hydrogen-bond donors (Lipinski definition) is 0. The standard InChI is InChI=1S/C23H20ClF3N2O5S/c1-4-10-29(17-7-5-6-16(11-17)23(25,26)27)35(31,32)18-8-9-21(24)19(12-18)22(30)33-13-20-14(2)28-34-15(20)3/h4-9,11-12H,1,10,13H2,2-3H3. The molecule has 0 saturated heterocycles. The fraction of sp³-hybridized carbons (Fsp3) is 0.217. The summed E-state index contributed by atoms with van der Waals surface area (Å²) in [7, 11) is -4.42. The zero-order chi connectivity index (χ0) is 26.0. The number of alkyl halides is 3. The zero-order valence-electron chi connectivity index (χ0n) is 18.6. The third-order valence-electron chi connectivity index (χ3n) is 5.03. The molecule has 186 valence electrons. The smallest absolute Gasteiger partial charge is 0.416 e. The Kier molecular flexibility index (Phi) is 7.61. The van der Waals surface area contributed by atoms with Crippen LogP contribution in [-0.4, -0.2) is 26.1 Å². The number of sulfonamides is 1. The number of carbonyl (C=O) groups is 1. The largest absolute Gasteiger partial charge is 0.457 e. The third-order valence-corrected chi connectivity index (χ3v) is 7.15. The van der Waals surface area contributed by atoms with Gasteiger partial charge in [-0.3, -0.25) is 4.31 Å². The lowest BCUT2D eigenvalue weighted by Crippen LogP contribution is -2.31. The van der Waals surface area contributed by atoms with Crippen molar-refractivity contribution in [3.63, 3.8) is 0 Å². The van der Waals surface area contributed by atoms with Crippen LogP contribution in [0.1, 0.15) is 32.9 Å². The second-order valence-electron chi connectivity index (χ2n) is 7.39. The molecule has 0 amide bonds. The van der Waals surface area contributed by atoms with E-state index in [1.165, 1.54) is 18.2 Å². The molecular formula is C23H20ClF3N2O5S. The van der Waals surface area contributed by atoms with E-state index in [0.717, 1.165) is 34.6 Å². The van der Waals surface area contributed by atoms with Crippen LogP contribution in [0.4, 0.5) is 18.9 Å². The van der Waals surface area contributed by atoms with Crippen LogP contribution in [-0.2, 0) is 27.5 Å². The summed E-state index contributed by atoms with van der Waals surface area (Å²) in [5, 5.41) is 3.69. The van der Waals surface area contributed by atoms with E-state index < -0.39 is 27.7 Å². The summed E-state index contributed by atoms with van der Waals surface area (Å²) in [6.45, 7) is 6.30. The van der Waals surface area contributed by atoms with Crippen molar-refractivity contribution in [2.75, 3.05) is 10.8 Å². The van der Waals surface area contributed by atoms with E-state index in [0.29, 0.717) is 17.0 Å². The van der Waals surface area contributed by atoms with Crippen molar-refractivity contribution >= 4 is 33.3 Å². The molecule has 0 fully saturated rings. The Hall–Kier alpha value is -3.31. The first-order valence-corrected chi connectivity index (χ1v) is 11.9. The van der Waals surface area contributed by atoms with Gasteiger partial charge in [-0.15, -0.1) is 6.58 Å². The predicted octanol–water partition coefficient (Wildman–Crippen LogP) is 5.70. The highest BCUT2D eigenvalue weighted by Crippen LogP contribution is 2.34. The molecule has 7 nitrogen and oxygen atoms in total. The molecule has 0 aliphatic rings. The molecular weight excluding hydrogens is 509 g/mol. The zero-order valence-corrected chi connectivity index (χ0v) is 20.2. The van der Waals surface area contributed by atoms with E-state index in [2.05, 4.69) is 11.7 Å². The maximum Gasteiger partial charge on any atom is 0.416 e. The van der Waals surface area contributed by atoms with E-state index in [1.807, 2.05) is 0 Å². The second-order valence-corrected chi connectivity index (χ2v) is 9.66. The average molecular weight is 529 g/mol. The monoisotopic (exact) mass is 528 g/mol. The van der Waals surface area contributed by atoms with E-state index in [9.17, 15) is 26.4 Å². The summed E-state index contributed by atoms with van der Waals surface area (Å²) < 4.78 is 77.3. The van der Waals surface area contributed by atoms with E-state index >= 15 is 0 Å². The molecule has 3 aromatic rings. The van der Waals surface area contributed by atoms with Crippen LogP contribution in [0.15, 0.2) is 64.5 Å². The van der Waals surface area contributed by atoms with Gasteiger partial charge in [-0.05, 0) is 50.2 Å². The molecule has 3 rings (SSSR count). The molecule has 2 aromatic carbocycles. The molecule has 0 radical (unpaired) electrons. The number of halogens is 4. The molecule has 0 bridgehead atoms. The predicted molar refractivity (Wildman–Crippen MR) is 123 cm³/mol. The highest BCUT2D eigenvalue weighted by atomic mass is 35.5. The van der Waals surface area contributed by atoms with Gasteiger partial charge in [0.25, 0.3) is 10.0 Å². The van der Waals surface area contributed by atoms with E-state index in [4.69, 9.17) is 20.9 Å². The highest BCUT2D eigenvalue weighted by Gasteiger charge is 2.32. The lowest BCUT2D eigenvalue weighted by atomic mass is 10.2. The molecule has 1 aromatic heterocycles. The molecule has 0 aliphatic heterocycles. The maximum absolute atomic E-state index is 13.4. The molecule has 35 heavy (non-hydrogen) atoms. The van der Waals surface area contributed by atoms with Crippen LogP contribution < -0.4 is 4.31 Å². The van der Waals surface area contributed by atoms with Crippen LogP contribution in [0.5, 0.6) is 0 Å². The van der Waals surface area contributed by atoms with Crippen molar-refractivity contribution in [2.24, 2.45) is 0 Å². The normalized spacial score (nSPS) is 11.8. The van der Waals surface area contributed by atoms with E-state index in [-0.39, 0.29) is 34.3 Å². The van der Waals surface area contributed by atoms with Crippen molar-refractivity contribution in [2.45, 2.75) is 31.5 Å². The summed E-state index contributed by atoms with van der Waals surface area (Å²) >= 11 is 6.11. The van der Waals surface area contributed by atoms with Gasteiger partial charge in [0.05, 0.1) is 44.5 Å². The van der Waals surface area contributed by atoms with Gasteiger partial charge in [-0.2, -0.15) is 13.2 Å². The Morgan fingerprint density at radius 2 is 1.94 bits per heavy atom. The van der Waals surface area contributed by atoms with Gasteiger partial charge in [0.1, 0.15) is 12.4 Å². The first-order chi connectivity index (χ1) is 16.4. The fourth-order valence-corrected chi connectivity index (χ4v) is 4.82. The molecule has 0 unspecified atom stereocenters. The Morgan fingerprint density at radius 3 is 2.54 bits per heavy atom. The number of aryl methyl sites for hydroxylation is 2. The van der Waals surface area contributed by atoms with Crippen molar-refractivity contribution in [1.82, 2.24) is 5.16 Å². The Labute approximate surface area is 204 Å². The number of hydrogen-bond acceptors (Lipinski definition) is 6. The minimum Gasteiger partial charge on any atom is -0.457 e. The molecule has 12 heteroatoms. The van der Waals surface area contributed by atoms with Crippen molar-refractivity contribution in [1.29, 1.82) is 0 Å². The van der Waals surface area contributed by atoms with Gasteiger partial charge >= 0.3 is 12.1 Å². The van der Waals surface area contributed by atoms with Gasteiger partial charge in [0, 0.05) is 0 Å². The van der Waals surface area contributed by atoms with E-state index in [1.54, 1.807) is 13.8 Å². The number of esters is 1. The SMILES string of the molecule is C=CCN(c1cccc(C(F)(F)F)c1)S(=O)(=O)c1ccc(Cl)c(C(=O)OCc2c(C)noc2C)c1. The summed E-state index contributed by atoms with van der Waals surface area (Å²) in [6, 6.07) is 7.23. The lowest BCUT2D eigenvalue weighted by molar-refractivity contribution is -0.137. The Morgan fingerprint density at radius 1 is 1.23 bits per heavy atom. The number of ether oxygens (including phenoxy) is 1. The molecule has 0 atom stereocenters. The number of aromatic nitrogens is 1. The van der Waals surface area contributed by atoms with Gasteiger partial charge in [0.15, 0.2) is 0 Å². The summed E-state index contributed by atoms with van der Waals surface area (Å²) in [5.74, 6) is -0.444. The molecule has 0 saturated carbocycles. The first-order valence-electron chi connectivity index (χ1n) is 10.1. The average Bonchev–Trinajstić information content (AvgIpc) is 3.12. The van der Waals surface area contributed by atoms with Crippen molar-refractivity contribution in [3.05, 3.63) is 88.3 Å². The molecule has 0 spiro atoms. The van der Waals surface area contributed by atoms with Crippen molar-refractivity contribution in [3.8, 4) is 0 Å². The molecule has 0 aliphatic carbocycles. The fourth-order valence-electron chi connectivity index (χ4n) is 3.17. The minimum absolute atomic E-state index is 0.0675. The molecule has 1 heterocycles. The van der Waals surface area contributed by atoms with Gasteiger partial charge < -0.3 is 9.26 Å². The van der Waals surface area contributed by atoms with Crippen LogP contribution in [0.2, 0.25) is 5.02 Å². The molecule has 0 N–H and O–H groups in total. The quantitative estimate of drug-likeness (QED) is 0.275. The Bertz CT molecular complexity index is 1350. The van der Waals surface area contributed by atoms with Crippen LogP contribution in [0.3, 0.4) is 0 Å². The van der Waals surface area contributed by atoms with Gasteiger partial charge in [-0.25, -0.2) is 13.2 Å². The second kappa shape index (κ2) is 10.1. The summed E-state index contributed by atoms with van der Waals surface area (Å²) in [5.41, 5.74) is -0.392. The van der Waals surface area contributed by atoms with Gasteiger partial charge in [-0.1, -0.05) is 28.9 Å². The summed E-state index contributed by atoms with van der Waals surface area (Å²) in [4.78, 5) is 12.3. The van der Waals surface area contributed by atoms with Crippen LogP contribution in [0, 0.1) is 13.8 Å². The maximum atomic E-state index is 13.4. The van der Waals surface area contributed by atoms with Crippen LogP contribution >= 0.6 is 11.6 Å². The number of rotatable bonds is 8. The third kappa shape index (κ3) is 5.68. The number of carbonyl (C=O) groups excluding carboxylic acids is 1. The van der Waals surface area contributed by atoms with Gasteiger partial charge in [0.2, 0.25) is 0 Å². The number of anilines is 1. The first kappa shape index (κ1) is 26.3. The number of nitrogens with zero attached hydrogens (tertiary/aromatic N) is 2.